The standard InChI is InChI=1S/C12H10FNS/c13-10-6-8-12(9-7-10)15-14-11-4-2-1-3-5-11/h1-9,14H. The zero-order valence-electron chi connectivity index (χ0n) is 7.98. The van der Waals surface area contributed by atoms with E-state index in [0.29, 0.717) is 0 Å². The molecule has 2 aromatic rings. The summed E-state index contributed by atoms with van der Waals surface area (Å²) in [5.74, 6) is -0.209. The van der Waals surface area contributed by atoms with Crippen LogP contribution in [0.4, 0.5) is 10.1 Å². The molecular weight excluding hydrogens is 209 g/mol. The Kier molecular flexibility index (Phi) is 3.25. The highest BCUT2D eigenvalue weighted by Crippen LogP contribution is 2.20. The summed E-state index contributed by atoms with van der Waals surface area (Å²) in [6, 6.07) is 16.3. The molecule has 0 spiro atoms. The first-order valence-electron chi connectivity index (χ1n) is 4.58. The summed E-state index contributed by atoms with van der Waals surface area (Å²) in [7, 11) is 0. The van der Waals surface area contributed by atoms with E-state index in [-0.39, 0.29) is 5.82 Å². The van der Waals surface area contributed by atoms with Crippen LogP contribution >= 0.6 is 11.9 Å². The van der Waals surface area contributed by atoms with Gasteiger partial charge in [0.25, 0.3) is 0 Å². The lowest BCUT2D eigenvalue weighted by Crippen LogP contribution is -1.85. The maximum absolute atomic E-state index is 12.6. The summed E-state index contributed by atoms with van der Waals surface area (Å²) in [5, 5.41) is 0. The Hall–Kier alpha value is -1.48. The van der Waals surface area contributed by atoms with Crippen molar-refractivity contribution in [3.8, 4) is 0 Å². The van der Waals surface area contributed by atoms with Crippen LogP contribution in [0, 0.1) is 5.82 Å². The van der Waals surface area contributed by atoms with Crippen LogP contribution in [0.25, 0.3) is 0 Å². The van der Waals surface area contributed by atoms with Gasteiger partial charge in [0, 0.05) is 10.6 Å². The van der Waals surface area contributed by atoms with Gasteiger partial charge in [-0.1, -0.05) is 18.2 Å². The van der Waals surface area contributed by atoms with Crippen molar-refractivity contribution < 1.29 is 4.39 Å². The van der Waals surface area contributed by atoms with Gasteiger partial charge in [0.05, 0.1) is 0 Å². The molecule has 0 aliphatic carbocycles. The number of benzene rings is 2. The van der Waals surface area contributed by atoms with E-state index >= 15 is 0 Å². The SMILES string of the molecule is Fc1ccc(SNc2ccccc2)cc1. The number of hydrogen-bond donors (Lipinski definition) is 1. The van der Waals surface area contributed by atoms with Gasteiger partial charge in [-0.3, -0.25) is 0 Å². The number of nitrogens with one attached hydrogen (secondary N) is 1. The van der Waals surface area contributed by atoms with Crippen molar-refractivity contribution in [1.82, 2.24) is 0 Å². The molecule has 1 nitrogen and oxygen atoms in total. The lowest BCUT2D eigenvalue weighted by atomic mass is 10.3. The van der Waals surface area contributed by atoms with Crippen molar-refractivity contribution in [3.63, 3.8) is 0 Å². The van der Waals surface area contributed by atoms with E-state index in [1.165, 1.54) is 24.1 Å². The molecule has 0 fully saturated rings. The Labute approximate surface area is 92.5 Å². The molecule has 0 aromatic heterocycles. The maximum atomic E-state index is 12.6. The Morgan fingerprint density at radius 2 is 1.53 bits per heavy atom. The lowest BCUT2D eigenvalue weighted by Gasteiger charge is -2.04. The van der Waals surface area contributed by atoms with Gasteiger partial charge in [-0.25, -0.2) is 4.39 Å². The van der Waals surface area contributed by atoms with Crippen LogP contribution in [0.1, 0.15) is 0 Å². The topological polar surface area (TPSA) is 12.0 Å². The van der Waals surface area contributed by atoms with Gasteiger partial charge in [-0.2, -0.15) is 0 Å². The highest BCUT2D eigenvalue weighted by molar-refractivity contribution is 8.00. The molecule has 76 valence electrons. The van der Waals surface area contributed by atoms with Crippen LogP contribution in [0.5, 0.6) is 0 Å². The average Bonchev–Trinajstić information content (AvgIpc) is 2.30. The highest BCUT2D eigenvalue weighted by Gasteiger charge is 1.94. The van der Waals surface area contributed by atoms with E-state index in [9.17, 15) is 4.39 Å². The predicted octanol–water partition coefficient (Wildman–Crippen LogP) is 3.94. The van der Waals surface area contributed by atoms with E-state index in [0.717, 1.165) is 10.6 Å². The minimum Gasteiger partial charge on any atom is -0.326 e. The summed E-state index contributed by atoms with van der Waals surface area (Å²) >= 11 is 1.47. The van der Waals surface area contributed by atoms with Crippen molar-refractivity contribution in [3.05, 3.63) is 60.4 Å². The monoisotopic (exact) mass is 219 g/mol. The van der Waals surface area contributed by atoms with Crippen LogP contribution in [0.15, 0.2) is 59.5 Å². The third kappa shape index (κ3) is 2.99. The second-order valence-electron chi connectivity index (χ2n) is 3.02. The fourth-order valence-corrected chi connectivity index (χ4v) is 1.77. The Morgan fingerprint density at radius 3 is 2.20 bits per heavy atom. The van der Waals surface area contributed by atoms with Gasteiger partial charge in [0.1, 0.15) is 5.82 Å². The van der Waals surface area contributed by atoms with Crippen molar-refractivity contribution in [1.29, 1.82) is 0 Å². The van der Waals surface area contributed by atoms with Crippen LogP contribution < -0.4 is 4.72 Å². The normalized spacial score (nSPS) is 9.93. The van der Waals surface area contributed by atoms with Gasteiger partial charge in [-0.15, -0.1) is 0 Å². The molecule has 3 heteroatoms. The minimum absolute atomic E-state index is 0.209. The summed E-state index contributed by atoms with van der Waals surface area (Å²) in [5.41, 5.74) is 1.03. The third-order valence-corrected chi connectivity index (χ3v) is 2.72. The fourth-order valence-electron chi connectivity index (χ4n) is 1.13. The number of para-hydroxylation sites is 1. The summed E-state index contributed by atoms with van der Waals surface area (Å²) < 4.78 is 15.8. The van der Waals surface area contributed by atoms with Crippen LogP contribution in [-0.2, 0) is 0 Å². The maximum Gasteiger partial charge on any atom is 0.123 e. The first kappa shape index (κ1) is 10.1. The molecule has 2 aromatic carbocycles. The Morgan fingerprint density at radius 1 is 0.867 bits per heavy atom. The Balaban J connectivity index is 1.96. The van der Waals surface area contributed by atoms with Crippen molar-refractivity contribution in [2.45, 2.75) is 4.90 Å². The summed E-state index contributed by atoms with van der Waals surface area (Å²) in [6.07, 6.45) is 0. The molecule has 0 heterocycles. The van der Waals surface area contributed by atoms with Gasteiger partial charge in [-0.05, 0) is 48.3 Å². The molecule has 0 unspecified atom stereocenters. The predicted molar refractivity (Wildman–Crippen MR) is 62.3 cm³/mol. The van der Waals surface area contributed by atoms with Crippen LogP contribution in [0.3, 0.4) is 0 Å². The smallest absolute Gasteiger partial charge is 0.123 e. The quantitative estimate of drug-likeness (QED) is 0.784. The summed E-state index contributed by atoms with van der Waals surface area (Å²) in [6.45, 7) is 0. The molecule has 0 aliphatic rings. The number of anilines is 1. The molecule has 0 aliphatic heterocycles. The molecule has 15 heavy (non-hydrogen) atoms. The van der Waals surface area contributed by atoms with E-state index in [4.69, 9.17) is 0 Å². The molecule has 0 saturated carbocycles. The largest absolute Gasteiger partial charge is 0.326 e. The number of hydrogen-bond acceptors (Lipinski definition) is 2. The van der Waals surface area contributed by atoms with Gasteiger partial charge in [0.2, 0.25) is 0 Å². The van der Waals surface area contributed by atoms with E-state index in [1.807, 2.05) is 30.3 Å². The number of rotatable bonds is 3. The van der Waals surface area contributed by atoms with Crippen LogP contribution in [-0.4, -0.2) is 0 Å². The fraction of sp³-hybridized carbons (Fsp3) is 0. The summed E-state index contributed by atoms with van der Waals surface area (Å²) in [4.78, 5) is 0.986. The van der Waals surface area contributed by atoms with Gasteiger partial charge >= 0.3 is 0 Å². The molecule has 0 radical (unpaired) electrons. The van der Waals surface area contributed by atoms with E-state index in [1.54, 1.807) is 12.1 Å². The second kappa shape index (κ2) is 4.84. The van der Waals surface area contributed by atoms with Gasteiger partial charge < -0.3 is 4.72 Å². The van der Waals surface area contributed by atoms with E-state index < -0.39 is 0 Å². The van der Waals surface area contributed by atoms with E-state index in [2.05, 4.69) is 4.72 Å². The molecular formula is C12H10FNS. The third-order valence-electron chi connectivity index (χ3n) is 1.87. The second-order valence-corrected chi connectivity index (χ2v) is 3.90. The lowest BCUT2D eigenvalue weighted by molar-refractivity contribution is 0.626. The Bertz CT molecular complexity index is 413. The first-order valence-corrected chi connectivity index (χ1v) is 5.40. The first-order chi connectivity index (χ1) is 7.34. The van der Waals surface area contributed by atoms with Gasteiger partial charge in [0.15, 0.2) is 0 Å². The minimum atomic E-state index is -0.209. The number of halogens is 1. The zero-order chi connectivity index (χ0) is 10.5. The molecule has 0 atom stereocenters. The average molecular weight is 219 g/mol. The van der Waals surface area contributed by atoms with Crippen molar-refractivity contribution in [2.75, 3.05) is 4.72 Å². The molecule has 1 N–H and O–H groups in total. The molecule has 2 rings (SSSR count). The molecule has 0 saturated heterocycles. The molecule has 0 amide bonds. The van der Waals surface area contributed by atoms with Crippen molar-refractivity contribution >= 4 is 17.6 Å². The highest BCUT2D eigenvalue weighted by atomic mass is 32.2. The zero-order valence-corrected chi connectivity index (χ0v) is 8.80. The molecule has 0 bridgehead atoms. The van der Waals surface area contributed by atoms with Crippen LogP contribution in [0.2, 0.25) is 0 Å². The van der Waals surface area contributed by atoms with Crippen molar-refractivity contribution in [2.24, 2.45) is 0 Å².